The van der Waals surface area contributed by atoms with Crippen molar-refractivity contribution in [1.29, 1.82) is 0 Å². The predicted molar refractivity (Wildman–Crippen MR) is 31.4 cm³/mol. The molecule has 8 heavy (non-hydrogen) atoms. The Balaban J connectivity index is 2.30. The van der Waals surface area contributed by atoms with Gasteiger partial charge < -0.3 is 16.2 Å². The zero-order valence-corrected chi connectivity index (χ0v) is 4.80. The van der Waals surface area contributed by atoms with Gasteiger partial charge in [-0.1, -0.05) is 0 Å². The van der Waals surface area contributed by atoms with E-state index in [0.29, 0.717) is 0 Å². The van der Waals surface area contributed by atoms with E-state index in [1.165, 1.54) is 0 Å². The first-order valence-corrected chi connectivity index (χ1v) is 2.91. The van der Waals surface area contributed by atoms with E-state index in [9.17, 15) is 0 Å². The van der Waals surface area contributed by atoms with E-state index < -0.39 is 0 Å². The summed E-state index contributed by atoms with van der Waals surface area (Å²) in [6, 6.07) is 0.167. The molecule has 1 aliphatic heterocycles. The van der Waals surface area contributed by atoms with E-state index in [-0.39, 0.29) is 18.6 Å². The summed E-state index contributed by atoms with van der Waals surface area (Å²) in [6.07, 6.45) is 0. The number of nitrogens with one attached hydrogen (secondary N) is 1. The standard InChI is InChI=1S/C5H12N2O/c6-5-2-7-1-4(5)3-8/h4-5,7-8H,1-3,6H2/t4-,5+/m1/s1. The zero-order valence-electron chi connectivity index (χ0n) is 4.80. The molecule has 0 bridgehead atoms. The van der Waals surface area contributed by atoms with Crippen molar-refractivity contribution in [1.82, 2.24) is 5.32 Å². The maximum absolute atomic E-state index is 8.62. The summed E-state index contributed by atoms with van der Waals surface area (Å²) in [4.78, 5) is 0. The first kappa shape index (κ1) is 6.01. The highest BCUT2D eigenvalue weighted by Gasteiger charge is 2.21. The van der Waals surface area contributed by atoms with Crippen molar-refractivity contribution in [3.63, 3.8) is 0 Å². The molecule has 0 aromatic rings. The molecule has 0 aromatic heterocycles. The lowest BCUT2D eigenvalue weighted by atomic mass is 10.1. The second-order valence-electron chi connectivity index (χ2n) is 2.26. The Kier molecular flexibility index (Phi) is 1.83. The Morgan fingerprint density at radius 2 is 2.38 bits per heavy atom. The van der Waals surface area contributed by atoms with Crippen LogP contribution in [0.3, 0.4) is 0 Å². The molecule has 1 rings (SSSR count). The Bertz CT molecular complexity index is 76.8. The van der Waals surface area contributed by atoms with Gasteiger partial charge in [0.15, 0.2) is 0 Å². The van der Waals surface area contributed by atoms with Gasteiger partial charge >= 0.3 is 0 Å². The number of rotatable bonds is 1. The largest absolute Gasteiger partial charge is 0.396 e. The highest BCUT2D eigenvalue weighted by molar-refractivity contribution is 4.82. The smallest absolute Gasteiger partial charge is 0.0486 e. The quantitative estimate of drug-likeness (QED) is 0.392. The summed E-state index contributed by atoms with van der Waals surface area (Å²) >= 11 is 0. The van der Waals surface area contributed by atoms with Crippen LogP contribution in [0.1, 0.15) is 0 Å². The van der Waals surface area contributed by atoms with Crippen molar-refractivity contribution < 1.29 is 5.11 Å². The lowest BCUT2D eigenvalue weighted by Crippen LogP contribution is -2.30. The van der Waals surface area contributed by atoms with Gasteiger partial charge in [0.2, 0.25) is 0 Å². The minimum absolute atomic E-state index is 0.167. The van der Waals surface area contributed by atoms with Gasteiger partial charge in [-0.2, -0.15) is 0 Å². The van der Waals surface area contributed by atoms with Crippen molar-refractivity contribution in [3.8, 4) is 0 Å². The zero-order chi connectivity index (χ0) is 5.98. The molecule has 2 atom stereocenters. The van der Waals surface area contributed by atoms with Crippen LogP contribution in [-0.2, 0) is 0 Å². The van der Waals surface area contributed by atoms with Crippen LogP contribution in [-0.4, -0.2) is 30.8 Å². The number of hydrogen-bond acceptors (Lipinski definition) is 3. The van der Waals surface area contributed by atoms with E-state index in [1.807, 2.05) is 0 Å². The van der Waals surface area contributed by atoms with Crippen molar-refractivity contribution in [2.24, 2.45) is 11.7 Å². The molecule has 0 unspecified atom stereocenters. The van der Waals surface area contributed by atoms with E-state index in [2.05, 4.69) is 5.32 Å². The van der Waals surface area contributed by atoms with Crippen LogP contribution in [0, 0.1) is 5.92 Å². The molecule has 0 spiro atoms. The summed E-state index contributed by atoms with van der Waals surface area (Å²) in [5, 5.41) is 11.7. The highest BCUT2D eigenvalue weighted by atomic mass is 16.3. The summed E-state index contributed by atoms with van der Waals surface area (Å²) in [6.45, 7) is 1.94. The molecule has 0 aromatic carbocycles. The van der Waals surface area contributed by atoms with Gasteiger partial charge in [-0.25, -0.2) is 0 Å². The van der Waals surface area contributed by atoms with Gasteiger partial charge in [-0.05, 0) is 0 Å². The molecule has 48 valence electrons. The van der Waals surface area contributed by atoms with Crippen molar-refractivity contribution in [3.05, 3.63) is 0 Å². The SMILES string of the molecule is N[C@H]1CNC[C@@H]1CO. The molecule has 1 aliphatic rings. The highest BCUT2D eigenvalue weighted by Crippen LogP contribution is 2.03. The predicted octanol–water partition coefficient (Wildman–Crippen LogP) is -1.47. The van der Waals surface area contributed by atoms with Gasteiger partial charge in [-0.3, -0.25) is 0 Å². The Morgan fingerprint density at radius 1 is 1.62 bits per heavy atom. The van der Waals surface area contributed by atoms with Gasteiger partial charge in [0.05, 0.1) is 0 Å². The fourth-order valence-corrected chi connectivity index (χ4v) is 0.953. The van der Waals surface area contributed by atoms with E-state index in [0.717, 1.165) is 13.1 Å². The lowest BCUT2D eigenvalue weighted by molar-refractivity contribution is 0.227. The van der Waals surface area contributed by atoms with Gasteiger partial charge in [0, 0.05) is 31.7 Å². The number of aliphatic hydroxyl groups excluding tert-OH is 1. The molecule has 0 aliphatic carbocycles. The van der Waals surface area contributed by atoms with Crippen molar-refractivity contribution >= 4 is 0 Å². The summed E-state index contributed by atoms with van der Waals surface area (Å²) in [5.74, 6) is 0.287. The van der Waals surface area contributed by atoms with Crippen LogP contribution < -0.4 is 11.1 Å². The first-order chi connectivity index (χ1) is 3.84. The van der Waals surface area contributed by atoms with Gasteiger partial charge in [-0.15, -0.1) is 0 Å². The third kappa shape index (κ3) is 0.992. The molecular formula is C5H12N2O. The molecule has 0 amide bonds. The monoisotopic (exact) mass is 116 g/mol. The average Bonchev–Trinajstić information content (AvgIpc) is 2.14. The maximum Gasteiger partial charge on any atom is 0.0486 e. The number of aliphatic hydroxyl groups is 1. The first-order valence-electron chi connectivity index (χ1n) is 2.91. The Hall–Kier alpha value is -0.120. The van der Waals surface area contributed by atoms with Crippen molar-refractivity contribution in [2.75, 3.05) is 19.7 Å². The molecule has 0 radical (unpaired) electrons. The van der Waals surface area contributed by atoms with Gasteiger partial charge in [0.1, 0.15) is 0 Å². The maximum atomic E-state index is 8.62. The number of nitrogens with two attached hydrogens (primary N) is 1. The van der Waals surface area contributed by atoms with Crippen LogP contribution in [0.4, 0.5) is 0 Å². The molecule has 1 heterocycles. The molecule has 1 saturated heterocycles. The molecule has 0 saturated carbocycles. The van der Waals surface area contributed by atoms with Crippen LogP contribution in [0.2, 0.25) is 0 Å². The lowest BCUT2D eigenvalue weighted by Gasteiger charge is -2.08. The summed E-state index contributed by atoms with van der Waals surface area (Å²) < 4.78 is 0. The molecule has 1 fully saturated rings. The van der Waals surface area contributed by atoms with Crippen molar-refractivity contribution in [2.45, 2.75) is 6.04 Å². The molecule has 4 N–H and O–H groups in total. The molecule has 3 heteroatoms. The third-order valence-corrected chi connectivity index (χ3v) is 1.63. The molecule has 3 nitrogen and oxygen atoms in total. The van der Waals surface area contributed by atoms with Crippen LogP contribution >= 0.6 is 0 Å². The second-order valence-corrected chi connectivity index (χ2v) is 2.26. The fraction of sp³-hybridized carbons (Fsp3) is 1.00. The second kappa shape index (κ2) is 2.44. The van der Waals surface area contributed by atoms with E-state index in [4.69, 9.17) is 10.8 Å². The Morgan fingerprint density at radius 3 is 2.62 bits per heavy atom. The topological polar surface area (TPSA) is 58.3 Å². The third-order valence-electron chi connectivity index (χ3n) is 1.63. The normalized spacial score (nSPS) is 38.2. The fourth-order valence-electron chi connectivity index (χ4n) is 0.953. The Labute approximate surface area is 48.9 Å². The minimum atomic E-state index is 0.167. The molecular weight excluding hydrogens is 104 g/mol. The minimum Gasteiger partial charge on any atom is -0.396 e. The van der Waals surface area contributed by atoms with Crippen LogP contribution in [0.25, 0.3) is 0 Å². The summed E-state index contributed by atoms with van der Waals surface area (Å²) in [5.41, 5.74) is 5.57. The average molecular weight is 116 g/mol. The van der Waals surface area contributed by atoms with E-state index in [1.54, 1.807) is 0 Å². The van der Waals surface area contributed by atoms with Crippen LogP contribution in [0.5, 0.6) is 0 Å². The van der Waals surface area contributed by atoms with Gasteiger partial charge in [0.25, 0.3) is 0 Å². The summed E-state index contributed by atoms with van der Waals surface area (Å²) in [7, 11) is 0. The van der Waals surface area contributed by atoms with E-state index >= 15 is 0 Å². The van der Waals surface area contributed by atoms with Crippen LogP contribution in [0.15, 0.2) is 0 Å². The number of hydrogen-bond donors (Lipinski definition) is 3.